The van der Waals surface area contributed by atoms with Gasteiger partial charge in [0, 0.05) is 19.4 Å². The number of methoxy groups -OCH3 is 1. The Morgan fingerprint density at radius 3 is 2.50 bits per heavy atom. The molecule has 1 aliphatic carbocycles. The van der Waals surface area contributed by atoms with Crippen LogP contribution in [0, 0.1) is 5.92 Å². The average molecular weight is 277 g/mol. The molecule has 1 aliphatic rings. The highest BCUT2D eigenvalue weighted by molar-refractivity contribution is 7.91. The van der Waals surface area contributed by atoms with Crippen LogP contribution in [-0.4, -0.2) is 46.2 Å². The molecule has 0 aliphatic heterocycles. The zero-order valence-corrected chi connectivity index (χ0v) is 12.8. The molecule has 0 bridgehead atoms. The van der Waals surface area contributed by atoms with E-state index in [2.05, 4.69) is 12.2 Å². The first kappa shape index (κ1) is 15.9. The molecule has 0 radical (unpaired) electrons. The first-order valence-corrected chi connectivity index (χ1v) is 8.78. The Morgan fingerprint density at radius 1 is 1.39 bits per heavy atom. The van der Waals surface area contributed by atoms with E-state index in [0.29, 0.717) is 5.92 Å². The van der Waals surface area contributed by atoms with E-state index in [1.54, 1.807) is 7.11 Å². The van der Waals surface area contributed by atoms with Crippen molar-refractivity contribution >= 4 is 9.84 Å². The van der Waals surface area contributed by atoms with Crippen LogP contribution in [-0.2, 0) is 14.6 Å². The van der Waals surface area contributed by atoms with Gasteiger partial charge >= 0.3 is 0 Å². The van der Waals surface area contributed by atoms with Crippen LogP contribution >= 0.6 is 0 Å². The summed E-state index contributed by atoms with van der Waals surface area (Å²) < 4.78 is 28.9. The van der Waals surface area contributed by atoms with Gasteiger partial charge in [-0.3, -0.25) is 0 Å². The summed E-state index contributed by atoms with van der Waals surface area (Å²) in [5, 5.41) is 3.16. The van der Waals surface area contributed by atoms with Crippen molar-refractivity contribution in [1.82, 2.24) is 5.32 Å². The van der Waals surface area contributed by atoms with Crippen molar-refractivity contribution in [3.8, 4) is 0 Å². The summed E-state index contributed by atoms with van der Waals surface area (Å²) >= 11 is 0. The van der Waals surface area contributed by atoms with Gasteiger partial charge in [0.2, 0.25) is 0 Å². The van der Waals surface area contributed by atoms with Gasteiger partial charge in [-0.15, -0.1) is 0 Å². The predicted octanol–water partition coefficient (Wildman–Crippen LogP) is 1.60. The molecule has 1 N–H and O–H groups in total. The van der Waals surface area contributed by atoms with Gasteiger partial charge in [-0.05, 0) is 38.6 Å². The first-order valence-electron chi connectivity index (χ1n) is 6.82. The molecule has 5 heteroatoms. The Hall–Kier alpha value is -0.130. The highest BCUT2D eigenvalue weighted by Gasteiger charge is 2.35. The third-order valence-corrected chi connectivity index (χ3v) is 5.86. The second kappa shape index (κ2) is 6.87. The summed E-state index contributed by atoms with van der Waals surface area (Å²) in [5.74, 6) is 0.397. The summed E-state index contributed by atoms with van der Waals surface area (Å²) in [5.41, 5.74) is 0. The minimum absolute atomic E-state index is 0.165. The molecule has 0 aromatic rings. The summed E-state index contributed by atoms with van der Waals surface area (Å²) in [6.45, 7) is 2.11. The standard InChI is InChI=1S/C13H27NO3S/c1-5-12(17-3)13(14-2)10-7-6-8-11(9-10)18(4,15)16/h10-14H,5-9H2,1-4H3. The van der Waals surface area contributed by atoms with Gasteiger partial charge < -0.3 is 10.1 Å². The minimum atomic E-state index is -2.91. The van der Waals surface area contributed by atoms with Crippen LogP contribution in [0.15, 0.2) is 0 Å². The van der Waals surface area contributed by atoms with Crippen molar-refractivity contribution in [1.29, 1.82) is 0 Å². The lowest BCUT2D eigenvalue weighted by atomic mass is 9.81. The maximum atomic E-state index is 11.7. The Kier molecular flexibility index (Phi) is 6.08. The second-order valence-electron chi connectivity index (χ2n) is 5.38. The molecule has 1 fully saturated rings. The lowest BCUT2D eigenvalue weighted by Gasteiger charge is -2.37. The molecule has 0 saturated heterocycles. The molecule has 108 valence electrons. The number of rotatable bonds is 6. The second-order valence-corrected chi connectivity index (χ2v) is 7.70. The molecule has 0 aromatic carbocycles. The van der Waals surface area contributed by atoms with Crippen molar-refractivity contribution in [2.45, 2.75) is 56.4 Å². The Morgan fingerprint density at radius 2 is 2.06 bits per heavy atom. The van der Waals surface area contributed by atoms with E-state index in [1.807, 2.05) is 7.05 Å². The van der Waals surface area contributed by atoms with Gasteiger partial charge in [0.15, 0.2) is 0 Å². The van der Waals surface area contributed by atoms with E-state index in [1.165, 1.54) is 6.26 Å². The molecular weight excluding hydrogens is 250 g/mol. The summed E-state index contributed by atoms with van der Waals surface area (Å²) in [4.78, 5) is 0. The van der Waals surface area contributed by atoms with Gasteiger partial charge in [-0.2, -0.15) is 0 Å². The van der Waals surface area contributed by atoms with Crippen LogP contribution in [0.5, 0.6) is 0 Å². The highest BCUT2D eigenvalue weighted by atomic mass is 32.2. The Bertz CT molecular complexity index is 338. The number of nitrogens with one attached hydrogen (secondary N) is 1. The van der Waals surface area contributed by atoms with E-state index in [4.69, 9.17) is 4.74 Å². The molecule has 4 unspecified atom stereocenters. The number of likely N-dealkylation sites (N-methyl/N-ethyl adjacent to an activating group) is 1. The zero-order chi connectivity index (χ0) is 13.8. The predicted molar refractivity (Wildman–Crippen MR) is 74.5 cm³/mol. The summed E-state index contributed by atoms with van der Waals surface area (Å²) in [7, 11) is 0.764. The fraction of sp³-hybridized carbons (Fsp3) is 1.00. The van der Waals surface area contributed by atoms with Crippen molar-refractivity contribution in [2.75, 3.05) is 20.4 Å². The van der Waals surface area contributed by atoms with Crippen LogP contribution in [0.1, 0.15) is 39.0 Å². The molecule has 0 aromatic heterocycles. The van der Waals surface area contributed by atoms with Crippen LogP contribution in [0.4, 0.5) is 0 Å². The zero-order valence-electron chi connectivity index (χ0n) is 12.0. The van der Waals surface area contributed by atoms with Gasteiger partial charge in [0.25, 0.3) is 0 Å². The summed E-state index contributed by atoms with van der Waals surface area (Å²) in [6.07, 6.45) is 6.15. The molecule has 0 amide bonds. The molecule has 1 rings (SSSR count). The Labute approximate surface area is 111 Å². The van der Waals surface area contributed by atoms with E-state index in [9.17, 15) is 8.42 Å². The summed E-state index contributed by atoms with van der Waals surface area (Å²) in [6, 6.07) is 0.254. The van der Waals surface area contributed by atoms with Gasteiger partial charge in [-0.1, -0.05) is 13.3 Å². The maximum absolute atomic E-state index is 11.7. The molecule has 1 saturated carbocycles. The van der Waals surface area contributed by atoms with Gasteiger partial charge in [0.05, 0.1) is 11.4 Å². The number of hydrogen-bond donors (Lipinski definition) is 1. The topological polar surface area (TPSA) is 55.4 Å². The van der Waals surface area contributed by atoms with Crippen LogP contribution in [0.2, 0.25) is 0 Å². The lowest BCUT2D eigenvalue weighted by molar-refractivity contribution is 0.0400. The van der Waals surface area contributed by atoms with E-state index < -0.39 is 9.84 Å². The largest absolute Gasteiger partial charge is 0.380 e. The normalized spacial score (nSPS) is 28.9. The quantitative estimate of drug-likeness (QED) is 0.801. The van der Waals surface area contributed by atoms with Gasteiger partial charge in [-0.25, -0.2) is 8.42 Å². The van der Waals surface area contributed by atoms with E-state index in [0.717, 1.165) is 32.1 Å². The van der Waals surface area contributed by atoms with Crippen molar-refractivity contribution in [3.05, 3.63) is 0 Å². The van der Waals surface area contributed by atoms with Crippen LogP contribution < -0.4 is 5.32 Å². The minimum Gasteiger partial charge on any atom is -0.380 e. The lowest BCUT2D eigenvalue weighted by Crippen LogP contribution is -2.47. The van der Waals surface area contributed by atoms with Crippen LogP contribution in [0.25, 0.3) is 0 Å². The molecule has 18 heavy (non-hydrogen) atoms. The van der Waals surface area contributed by atoms with E-state index in [-0.39, 0.29) is 17.4 Å². The average Bonchev–Trinajstić information content (AvgIpc) is 2.35. The van der Waals surface area contributed by atoms with Gasteiger partial charge in [0.1, 0.15) is 9.84 Å². The fourth-order valence-corrected chi connectivity index (χ4v) is 4.38. The molecule has 0 heterocycles. The highest BCUT2D eigenvalue weighted by Crippen LogP contribution is 2.32. The number of sulfone groups is 1. The first-order chi connectivity index (χ1) is 8.43. The SMILES string of the molecule is CCC(OC)C(NC)C1CCCC(S(C)(=O)=O)C1. The smallest absolute Gasteiger partial charge is 0.150 e. The molecule has 4 atom stereocenters. The molecular formula is C13H27NO3S. The van der Waals surface area contributed by atoms with Crippen molar-refractivity contribution in [3.63, 3.8) is 0 Å². The molecule has 4 nitrogen and oxygen atoms in total. The van der Waals surface area contributed by atoms with E-state index >= 15 is 0 Å². The third-order valence-electron chi connectivity index (χ3n) is 4.22. The van der Waals surface area contributed by atoms with Crippen molar-refractivity contribution in [2.24, 2.45) is 5.92 Å². The van der Waals surface area contributed by atoms with Crippen molar-refractivity contribution < 1.29 is 13.2 Å². The van der Waals surface area contributed by atoms with Crippen LogP contribution in [0.3, 0.4) is 0 Å². The number of hydrogen-bond acceptors (Lipinski definition) is 4. The third kappa shape index (κ3) is 3.93. The number of ether oxygens (including phenoxy) is 1. The molecule has 0 spiro atoms. The Balaban J connectivity index is 2.75. The fourth-order valence-electron chi connectivity index (χ4n) is 3.19. The monoisotopic (exact) mass is 277 g/mol. The maximum Gasteiger partial charge on any atom is 0.150 e.